The van der Waals surface area contributed by atoms with Crippen molar-refractivity contribution in [1.29, 1.82) is 0 Å². The van der Waals surface area contributed by atoms with E-state index in [4.69, 9.17) is 4.74 Å². The molecule has 1 atom stereocenters. The summed E-state index contributed by atoms with van der Waals surface area (Å²) in [5.41, 5.74) is 2.03. The Morgan fingerprint density at radius 1 is 1.32 bits per heavy atom. The molecule has 1 unspecified atom stereocenters. The molecule has 0 aliphatic carbocycles. The van der Waals surface area contributed by atoms with E-state index in [1.807, 2.05) is 37.3 Å². The van der Waals surface area contributed by atoms with Gasteiger partial charge in [0.2, 0.25) is 11.8 Å². The summed E-state index contributed by atoms with van der Waals surface area (Å²) in [5, 5.41) is 2.71. The van der Waals surface area contributed by atoms with Crippen LogP contribution in [-0.4, -0.2) is 41.9 Å². The number of nitrogens with one attached hydrogen (secondary N) is 1. The van der Waals surface area contributed by atoms with Gasteiger partial charge in [-0.1, -0.05) is 18.2 Å². The van der Waals surface area contributed by atoms with Crippen molar-refractivity contribution >= 4 is 17.6 Å². The third-order valence-corrected chi connectivity index (χ3v) is 4.17. The minimum atomic E-state index is -0.273. The van der Waals surface area contributed by atoms with E-state index in [1.54, 1.807) is 19.3 Å². The van der Waals surface area contributed by atoms with Crippen LogP contribution in [0, 0.1) is 12.8 Å². The fraction of sp³-hybridized carbons (Fsp3) is 0.316. The van der Waals surface area contributed by atoms with Crippen LogP contribution in [0.15, 0.2) is 42.6 Å². The van der Waals surface area contributed by atoms with Gasteiger partial charge in [0, 0.05) is 13.2 Å². The van der Waals surface area contributed by atoms with Gasteiger partial charge in [-0.15, -0.1) is 0 Å². The van der Waals surface area contributed by atoms with Crippen molar-refractivity contribution in [1.82, 2.24) is 9.88 Å². The van der Waals surface area contributed by atoms with Crippen LogP contribution in [0.1, 0.15) is 11.1 Å². The van der Waals surface area contributed by atoms with Gasteiger partial charge in [-0.25, -0.2) is 4.98 Å². The number of aromatic nitrogens is 1. The summed E-state index contributed by atoms with van der Waals surface area (Å²) in [6, 6.07) is 11.3. The lowest BCUT2D eigenvalue weighted by Gasteiger charge is -2.28. The summed E-state index contributed by atoms with van der Waals surface area (Å²) in [5.74, 6) is 0.677. The fourth-order valence-corrected chi connectivity index (χ4v) is 2.88. The second kappa shape index (κ2) is 7.34. The van der Waals surface area contributed by atoms with Crippen LogP contribution >= 0.6 is 0 Å². The standard InChI is InChI=1S/C19H21N3O3/c1-13-7-8-20-17(9-13)21-18(23)11-22(2)19(24)15-10-14-5-3-4-6-16(14)25-12-15/h3-9,15H,10-12H2,1-2H3,(H,20,21,23). The molecule has 0 saturated carbocycles. The maximum absolute atomic E-state index is 12.6. The number of nitrogens with zero attached hydrogens (tertiary/aromatic N) is 2. The number of likely N-dealkylation sites (N-methyl/N-ethyl adjacent to an activating group) is 1. The number of amides is 2. The first-order chi connectivity index (χ1) is 12.0. The van der Waals surface area contributed by atoms with Crippen LogP contribution in [0.4, 0.5) is 5.82 Å². The molecule has 1 aliphatic heterocycles. The van der Waals surface area contributed by atoms with E-state index in [-0.39, 0.29) is 24.3 Å². The van der Waals surface area contributed by atoms with E-state index in [1.165, 1.54) is 4.90 Å². The van der Waals surface area contributed by atoms with E-state index in [9.17, 15) is 9.59 Å². The molecular formula is C19H21N3O3. The van der Waals surface area contributed by atoms with Gasteiger partial charge in [0.05, 0.1) is 12.5 Å². The highest BCUT2D eigenvalue weighted by molar-refractivity contribution is 5.94. The van der Waals surface area contributed by atoms with Gasteiger partial charge < -0.3 is 15.0 Å². The van der Waals surface area contributed by atoms with Crippen LogP contribution in [0.3, 0.4) is 0 Å². The number of carbonyl (C=O) groups excluding carboxylic acids is 2. The molecule has 0 saturated heterocycles. The molecule has 3 rings (SSSR count). The number of para-hydroxylation sites is 1. The smallest absolute Gasteiger partial charge is 0.245 e. The van der Waals surface area contributed by atoms with Gasteiger partial charge in [-0.3, -0.25) is 9.59 Å². The maximum Gasteiger partial charge on any atom is 0.245 e. The topological polar surface area (TPSA) is 71.5 Å². The number of hydrogen-bond acceptors (Lipinski definition) is 4. The Labute approximate surface area is 146 Å². The number of hydrogen-bond donors (Lipinski definition) is 1. The third-order valence-electron chi connectivity index (χ3n) is 4.17. The first kappa shape index (κ1) is 17.0. The Balaban J connectivity index is 1.57. The molecule has 0 spiro atoms. The van der Waals surface area contributed by atoms with E-state index in [0.29, 0.717) is 18.8 Å². The monoisotopic (exact) mass is 339 g/mol. The van der Waals surface area contributed by atoms with Crippen molar-refractivity contribution in [2.24, 2.45) is 5.92 Å². The molecule has 130 valence electrons. The Morgan fingerprint density at radius 3 is 2.92 bits per heavy atom. The van der Waals surface area contributed by atoms with Crippen molar-refractivity contribution in [3.05, 3.63) is 53.7 Å². The molecule has 2 aromatic rings. The largest absolute Gasteiger partial charge is 0.492 e. The Morgan fingerprint density at radius 2 is 2.12 bits per heavy atom. The number of rotatable bonds is 4. The van der Waals surface area contributed by atoms with Gasteiger partial charge in [0.1, 0.15) is 18.2 Å². The van der Waals surface area contributed by atoms with E-state index >= 15 is 0 Å². The number of ether oxygens (including phenoxy) is 1. The number of carbonyl (C=O) groups is 2. The van der Waals surface area contributed by atoms with Gasteiger partial charge >= 0.3 is 0 Å². The molecule has 0 bridgehead atoms. The third kappa shape index (κ3) is 4.15. The molecule has 0 radical (unpaired) electrons. The zero-order valence-corrected chi connectivity index (χ0v) is 14.4. The van der Waals surface area contributed by atoms with E-state index in [2.05, 4.69) is 10.3 Å². The summed E-state index contributed by atoms with van der Waals surface area (Å²) in [6.45, 7) is 2.24. The molecule has 2 heterocycles. The first-order valence-corrected chi connectivity index (χ1v) is 8.21. The van der Waals surface area contributed by atoms with Crippen LogP contribution in [0.2, 0.25) is 0 Å². The van der Waals surface area contributed by atoms with Crippen molar-refractivity contribution in [3.63, 3.8) is 0 Å². The van der Waals surface area contributed by atoms with E-state index in [0.717, 1.165) is 16.9 Å². The quantitative estimate of drug-likeness (QED) is 0.925. The molecule has 6 nitrogen and oxygen atoms in total. The van der Waals surface area contributed by atoms with Crippen molar-refractivity contribution in [3.8, 4) is 5.75 Å². The van der Waals surface area contributed by atoms with Gasteiger partial charge in [-0.2, -0.15) is 0 Å². The maximum atomic E-state index is 12.6. The van der Waals surface area contributed by atoms with E-state index < -0.39 is 0 Å². The first-order valence-electron chi connectivity index (χ1n) is 8.21. The summed E-state index contributed by atoms with van der Waals surface area (Å²) in [4.78, 5) is 30.3. The second-order valence-corrected chi connectivity index (χ2v) is 6.28. The molecule has 6 heteroatoms. The Hall–Kier alpha value is -2.89. The lowest BCUT2D eigenvalue weighted by molar-refractivity contribution is -0.138. The zero-order valence-electron chi connectivity index (χ0n) is 14.4. The lowest BCUT2D eigenvalue weighted by atomic mass is 9.95. The van der Waals surface area contributed by atoms with Crippen LogP contribution < -0.4 is 10.1 Å². The molecule has 1 aliphatic rings. The summed E-state index contributed by atoms with van der Waals surface area (Å²) >= 11 is 0. The predicted octanol–water partition coefficient (Wildman–Crippen LogP) is 2.04. The van der Waals surface area contributed by atoms with Crippen molar-refractivity contribution in [2.45, 2.75) is 13.3 Å². The highest BCUT2D eigenvalue weighted by Crippen LogP contribution is 2.27. The number of pyridine rings is 1. The summed E-state index contributed by atoms with van der Waals surface area (Å²) < 4.78 is 5.66. The highest BCUT2D eigenvalue weighted by Gasteiger charge is 2.28. The zero-order chi connectivity index (χ0) is 17.8. The minimum absolute atomic E-state index is 0.0212. The van der Waals surface area contributed by atoms with Gasteiger partial charge in [0.15, 0.2) is 0 Å². The summed E-state index contributed by atoms with van der Waals surface area (Å²) in [6.07, 6.45) is 2.26. The predicted molar refractivity (Wildman–Crippen MR) is 94.4 cm³/mol. The molecule has 0 fully saturated rings. The van der Waals surface area contributed by atoms with Crippen LogP contribution in [0.5, 0.6) is 5.75 Å². The SMILES string of the molecule is Cc1ccnc(NC(=O)CN(C)C(=O)C2COc3ccccc3C2)c1. The van der Waals surface area contributed by atoms with Gasteiger partial charge in [-0.05, 0) is 42.7 Å². The average molecular weight is 339 g/mol. The number of anilines is 1. The Bertz CT molecular complexity index is 791. The molecular weight excluding hydrogens is 318 g/mol. The highest BCUT2D eigenvalue weighted by atomic mass is 16.5. The Kier molecular flexibility index (Phi) is 4.97. The molecule has 1 aromatic carbocycles. The van der Waals surface area contributed by atoms with Crippen molar-refractivity contribution in [2.75, 3.05) is 25.5 Å². The number of fused-ring (bicyclic) bond motifs is 1. The normalized spacial score (nSPS) is 15.7. The van der Waals surface area contributed by atoms with Crippen LogP contribution in [-0.2, 0) is 16.0 Å². The summed E-state index contributed by atoms with van der Waals surface area (Å²) in [7, 11) is 1.63. The lowest BCUT2D eigenvalue weighted by Crippen LogP contribution is -2.42. The fourth-order valence-electron chi connectivity index (χ4n) is 2.88. The molecule has 1 aromatic heterocycles. The number of benzene rings is 1. The van der Waals surface area contributed by atoms with Crippen molar-refractivity contribution < 1.29 is 14.3 Å². The van der Waals surface area contributed by atoms with Crippen LogP contribution in [0.25, 0.3) is 0 Å². The molecule has 1 N–H and O–H groups in total. The minimum Gasteiger partial charge on any atom is -0.492 e. The molecule has 25 heavy (non-hydrogen) atoms. The molecule has 2 amide bonds. The average Bonchev–Trinajstić information content (AvgIpc) is 2.60. The number of aryl methyl sites for hydroxylation is 1. The van der Waals surface area contributed by atoms with Gasteiger partial charge in [0.25, 0.3) is 0 Å². The second-order valence-electron chi connectivity index (χ2n) is 6.28.